The highest BCUT2D eigenvalue weighted by atomic mass is 16.5. The van der Waals surface area contributed by atoms with Gasteiger partial charge in [-0.25, -0.2) is 4.98 Å². The average Bonchev–Trinajstić information content (AvgIpc) is 3.01. The molecule has 2 atom stereocenters. The Hall–Kier alpha value is -1.62. The Morgan fingerprint density at radius 3 is 2.95 bits per heavy atom. The highest BCUT2D eigenvalue weighted by Crippen LogP contribution is 2.20. The Morgan fingerprint density at radius 2 is 2.29 bits per heavy atom. The zero-order valence-corrected chi connectivity index (χ0v) is 12.5. The van der Waals surface area contributed by atoms with E-state index in [9.17, 15) is 4.79 Å². The van der Waals surface area contributed by atoms with Gasteiger partial charge in [0.2, 0.25) is 5.88 Å². The molecule has 1 aromatic rings. The Morgan fingerprint density at radius 1 is 1.38 bits per heavy atom. The molecule has 2 fully saturated rings. The van der Waals surface area contributed by atoms with E-state index in [-0.39, 0.29) is 12.0 Å². The van der Waals surface area contributed by atoms with Crippen LogP contribution in [-0.2, 0) is 4.74 Å². The summed E-state index contributed by atoms with van der Waals surface area (Å²) in [5.74, 6) is 0.638. The van der Waals surface area contributed by atoms with Crippen molar-refractivity contribution in [2.45, 2.75) is 44.8 Å². The summed E-state index contributed by atoms with van der Waals surface area (Å²) in [6.45, 7) is 4.32. The van der Waals surface area contributed by atoms with Crippen molar-refractivity contribution in [1.82, 2.24) is 9.88 Å². The van der Waals surface area contributed by atoms with Gasteiger partial charge < -0.3 is 14.4 Å². The summed E-state index contributed by atoms with van der Waals surface area (Å²) in [6, 6.07) is 3.90. The summed E-state index contributed by atoms with van der Waals surface area (Å²) in [4.78, 5) is 18.7. The average molecular weight is 290 g/mol. The number of amides is 1. The molecule has 0 spiro atoms. The zero-order valence-electron chi connectivity index (χ0n) is 12.5. The molecule has 1 amide bonds. The fourth-order valence-electron chi connectivity index (χ4n) is 2.92. The quantitative estimate of drug-likeness (QED) is 0.857. The van der Waals surface area contributed by atoms with Crippen molar-refractivity contribution in [1.29, 1.82) is 0 Å². The molecule has 114 valence electrons. The molecule has 2 saturated heterocycles. The number of hydrogen-bond donors (Lipinski definition) is 0. The van der Waals surface area contributed by atoms with Crippen LogP contribution in [0.25, 0.3) is 0 Å². The number of rotatable bonds is 3. The normalized spacial score (nSPS) is 25.9. The number of nitrogens with zero attached hydrogens (tertiary/aromatic N) is 2. The van der Waals surface area contributed by atoms with Gasteiger partial charge >= 0.3 is 0 Å². The molecular formula is C16H22N2O3. The number of likely N-dealkylation sites (tertiary alicyclic amines) is 1. The summed E-state index contributed by atoms with van der Waals surface area (Å²) >= 11 is 0. The van der Waals surface area contributed by atoms with Crippen LogP contribution in [0, 0.1) is 0 Å². The molecular weight excluding hydrogens is 268 g/mol. The molecule has 3 rings (SSSR count). The summed E-state index contributed by atoms with van der Waals surface area (Å²) < 4.78 is 11.0. The molecule has 2 aliphatic heterocycles. The van der Waals surface area contributed by atoms with Gasteiger partial charge in [0.25, 0.3) is 5.91 Å². The third-order valence-corrected chi connectivity index (χ3v) is 4.22. The van der Waals surface area contributed by atoms with E-state index in [1.807, 2.05) is 11.0 Å². The molecule has 0 aromatic carbocycles. The number of carbonyl (C=O) groups excluding carboxylic acids is 1. The van der Waals surface area contributed by atoms with Crippen molar-refractivity contribution in [3.8, 4) is 5.88 Å². The maximum atomic E-state index is 12.5. The smallest absolute Gasteiger partial charge is 0.255 e. The first-order valence-corrected chi connectivity index (χ1v) is 7.75. The minimum absolute atomic E-state index is 0.0745. The highest BCUT2D eigenvalue weighted by Gasteiger charge is 2.24. The van der Waals surface area contributed by atoms with E-state index < -0.39 is 0 Å². The Bertz CT molecular complexity index is 483. The van der Waals surface area contributed by atoms with Crippen LogP contribution in [0.15, 0.2) is 18.3 Å². The van der Waals surface area contributed by atoms with Crippen LogP contribution >= 0.6 is 0 Å². The van der Waals surface area contributed by atoms with Crippen LogP contribution in [0.4, 0.5) is 0 Å². The van der Waals surface area contributed by atoms with E-state index in [1.54, 1.807) is 12.3 Å². The Kier molecular flexibility index (Phi) is 4.39. The molecule has 0 saturated carbocycles. The van der Waals surface area contributed by atoms with Crippen LogP contribution in [0.3, 0.4) is 0 Å². The summed E-state index contributed by atoms with van der Waals surface area (Å²) in [5.41, 5.74) is 0.638. The molecule has 2 aliphatic rings. The molecule has 21 heavy (non-hydrogen) atoms. The lowest BCUT2D eigenvalue weighted by Crippen LogP contribution is -2.42. The number of carbonyl (C=O) groups is 1. The third kappa shape index (κ3) is 3.35. The second-order valence-electron chi connectivity index (χ2n) is 5.83. The second-order valence-corrected chi connectivity index (χ2v) is 5.83. The van der Waals surface area contributed by atoms with E-state index in [0.717, 1.165) is 32.4 Å². The number of ether oxygens (including phenoxy) is 2. The van der Waals surface area contributed by atoms with E-state index in [2.05, 4.69) is 11.9 Å². The SMILES string of the molecule is CC1CCCCN1C(=O)c1ccc(OC2CCOC2)nc1. The van der Waals surface area contributed by atoms with Crippen LogP contribution in [0.5, 0.6) is 5.88 Å². The fraction of sp³-hybridized carbons (Fsp3) is 0.625. The third-order valence-electron chi connectivity index (χ3n) is 4.22. The van der Waals surface area contributed by atoms with Crippen molar-refractivity contribution in [3.05, 3.63) is 23.9 Å². The Labute approximate surface area is 125 Å². The van der Waals surface area contributed by atoms with Crippen LogP contribution in [0.1, 0.15) is 43.0 Å². The minimum Gasteiger partial charge on any atom is -0.472 e. The predicted molar refractivity (Wildman–Crippen MR) is 78.4 cm³/mol. The maximum absolute atomic E-state index is 12.5. The van der Waals surface area contributed by atoms with Crippen molar-refractivity contribution in [2.75, 3.05) is 19.8 Å². The van der Waals surface area contributed by atoms with Gasteiger partial charge in [-0.1, -0.05) is 0 Å². The molecule has 0 aliphatic carbocycles. The van der Waals surface area contributed by atoms with Gasteiger partial charge in [0, 0.05) is 31.3 Å². The van der Waals surface area contributed by atoms with Gasteiger partial charge in [-0.2, -0.15) is 0 Å². The minimum atomic E-state index is 0.0745. The van der Waals surface area contributed by atoms with E-state index in [0.29, 0.717) is 24.1 Å². The monoisotopic (exact) mass is 290 g/mol. The van der Waals surface area contributed by atoms with Gasteiger partial charge in [0.05, 0.1) is 18.8 Å². The summed E-state index contributed by atoms with van der Waals surface area (Å²) in [5, 5.41) is 0. The first kappa shape index (κ1) is 14.3. The van der Waals surface area contributed by atoms with Crippen molar-refractivity contribution in [3.63, 3.8) is 0 Å². The van der Waals surface area contributed by atoms with E-state index >= 15 is 0 Å². The Balaban J connectivity index is 1.64. The molecule has 2 unspecified atom stereocenters. The molecule has 1 aromatic heterocycles. The molecule has 0 bridgehead atoms. The number of aromatic nitrogens is 1. The first-order chi connectivity index (χ1) is 10.2. The molecule has 3 heterocycles. The molecule has 5 heteroatoms. The predicted octanol–water partition coefficient (Wildman–Crippen LogP) is 2.26. The number of pyridine rings is 1. The van der Waals surface area contributed by atoms with Gasteiger partial charge in [-0.3, -0.25) is 4.79 Å². The van der Waals surface area contributed by atoms with Crippen LogP contribution in [-0.4, -0.2) is 47.7 Å². The van der Waals surface area contributed by atoms with Crippen LogP contribution < -0.4 is 4.74 Å². The van der Waals surface area contributed by atoms with Crippen molar-refractivity contribution in [2.24, 2.45) is 0 Å². The first-order valence-electron chi connectivity index (χ1n) is 7.75. The fourth-order valence-corrected chi connectivity index (χ4v) is 2.92. The van der Waals surface area contributed by atoms with E-state index in [4.69, 9.17) is 9.47 Å². The van der Waals surface area contributed by atoms with E-state index in [1.165, 1.54) is 6.42 Å². The molecule has 0 radical (unpaired) electrons. The second kappa shape index (κ2) is 6.43. The largest absolute Gasteiger partial charge is 0.472 e. The number of piperidine rings is 1. The van der Waals surface area contributed by atoms with Gasteiger partial charge in [0.1, 0.15) is 6.10 Å². The molecule has 0 N–H and O–H groups in total. The number of hydrogen-bond acceptors (Lipinski definition) is 4. The summed E-state index contributed by atoms with van der Waals surface area (Å²) in [6.07, 6.45) is 5.98. The standard InChI is InChI=1S/C16H22N2O3/c1-12-4-2-3-8-18(12)16(19)13-5-6-15(17-10-13)21-14-7-9-20-11-14/h5-6,10,12,14H,2-4,7-9,11H2,1H3. The van der Waals surface area contributed by atoms with Crippen LogP contribution in [0.2, 0.25) is 0 Å². The van der Waals surface area contributed by atoms with Crippen molar-refractivity contribution < 1.29 is 14.3 Å². The highest BCUT2D eigenvalue weighted by molar-refractivity contribution is 5.94. The van der Waals surface area contributed by atoms with Gasteiger partial charge in [-0.05, 0) is 32.3 Å². The molecule has 5 nitrogen and oxygen atoms in total. The summed E-state index contributed by atoms with van der Waals surface area (Å²) in [7, 11) is 0. The zero-order chi connectivity index (χ0) is 14.7. The van der Waals surface area contributed by atoms with Crippen molar-refractivity contribution >= 4 is 5.91 Å². The van der Waals surface area contributed by atoms with Gasteiger partial charge in [0.15, 0.2) is 0 Å². The maximum Gasteiger partial charge on any atom is 0.255 e. The van der Waals surface area contributed by atoms with Gasteiger partial charge in [-0.15, -0.1) is 0 Å². The topological polar surface area (TPSA) is 51.7 Å². The lowest BCUT2D eigenvalue weighted by molar-refractivity contribution is 0.0635. The lowest BCUT2D eigenvalue weighted by Gasteiger charge is -2.33. The lowest BCUT2D eigenvalue weighted by atomic mass is 10.0.